The summed E-state index contributed by atoms with van der Waals surface area (Å²) in [7, 11) is 0. The third kappa shape index (κ3) is 4.17. The molecular formula is C19H23NO2. The van der Waals surface area contributed by atoms with Gasteiger partial charge >= 0.3 is 5.97 Å². The predicted molar refractivity (Wildman–Crippen MR) is 89.7 cm³/mol. The van der Waals surface area contributed by atoms with E-state index in [1.807, 2.05) is 44.2 Å². The van der Waals surface area contributed by atoms with Crippen LogP contribution in [-0.2, 0) is 16.1 Å². The second-order valence-electron chi connectivity index (χ2n) is 5.56. The Bertz CT molecular complexity index is 612. The van der Waals surface area contributed by atoms with E-state index in [1.165, 1.54) is 0 Å². The van der Waals surface area contributed by atoms with Gasteiger partial charge in [0.05, 0.1) is 0 Å². The molecule has 3 heteroatoms. The molecule has 0 heterocycles. The summed E-state index contributed by atoms with van der Waals surface area (Å²) in [5, 5.41) is 0. The minimum Gasteiger partial charge on any atom is -0.456 e. The molecule has 22 heavy (non-hydrogen) atoms. The molecule has 0 saturated heterocycles. The van der Waals surface area contributed by atoms with E-state index < -0.39 is 0 Å². The largest absolute Gasteiger partial charge is 0.456 e. The Kier molecular flexibility index (Phi) is 5.70. The van der Waals surface area contributed by atoms with Crippen LogP contribution in [-0.4, -0.2) is 11.7 Å². The van der Waals surface area contributed by atoms with Gasteiger partial charge in [0.15, 0.2) is 0 Å². The van der Waals surface area contributed by atoms with E-state index in [1.54, 1.807) is 0 Å². The van der Waals surface area contributed by atoms with Gasteiger partial charge in [0.25, 0.3) is 0 Å². The fourth-order valence-electron chi connectivity index (χ4n) is 2.33. The van der Waals surface area contributed by atoms with E-state index in [0.29, 0.717) is 5.70 Å². The lowest BCUT2D eigenvalue weighted by Gasteiger charge is -2.09. The maximum absolute atomic E-state index is 12.4. The number of hydrogen-bond acceptors (Lipinski definition) is 3. The molecule has 0 aromatic heterocycles. The van der Waals surface area contributed by atoms with E-state index in [4.69, 9.17) is 4.74 Å². The van der Waals surface area contributed by atoms with E-state index >= 15 is 0 Å². The number of aliphatic imine (C=N–C) groups is 1. The lowest BCUT2D eigenvalue weighted by atomic mass is 10.1. The molecule has 3 nitrogen and oxygen atoms in total. The van der Waals surface area contributed by atoms with Crippen LogP contribution in [0.4, 0.5) is 0 Å². The molecule has 1 aliphatic rings. The maximum atomic E-state index is 12.4. The van der Waals surface area contributed by atoms with Crippen molar-refractivity contribution in [2.45, 2.75) is 46.1 Å². The molecule has 0 aliphatic heterocycles. The summed E-state index contributed by atoms with van der Waals surface area (Å²) >= 11 is 0. The highest BCUT2D eigenvalue weighted by molar-refractivity contribution is 6.04. The Morgan fingerprint density at radius 2 is 2.00 bits per heavy atom. The Morgan fingerprint density at radius 1 is 1.27 bits per heavy atom. The van der Waals surface area contributed by atoms with Crippen LogP contribution in [0, 0.1) is 0 Å². The van der Waals surface area contributed by atoms with Gasteiger partial charge in [-0.25, -0.2) is 9.79 Å². The van der Waals surface area contributed by atoms with E-state index in [9.17, 15) is 4.79 Å². The van der Waals surface area contributed by atoms with Gasteiger partial charge in [-0.1, -0.05) is 43.8 Å². The van der Waals surface area contributed by atoms with Crippen molar-refractivity contribution in [2.75, 3.05) is 0 Å². The number of esters is 1. The van der Waals surface area contributed by atoms with E-state index in [-0.39, 0.29) is 12.6 Å². The first-order chi connectivity index (χ1) is 10.6. The van der Waals surface area contributed by atoms with Crippen LogP contribution in [0.1, 0.15) is 45.1 Å². The predicted octanol–water partition coefficient (Wildman–Crippen LogP) is 4.59. The first kappa shape index (κ1) is 16.2. The van der Waals surface area contributed by atoms with Crippen LogP contribution in [0.3, 0.4) is 0 Å². The van der Waals surface area contributed by atoms with Crippen LogP contribution >= 0.6 is 0 Å². The normalized spacial score (nSPS) is 17.5. The number of benzene rings is 1. The Morgan fingerprint density at radius 3 is 2.59 bits per heavy atom. The van der Waals surface area contributed by atoms with E-state index in [0.717, 1.165) is 48.1 Å². The molecule has 1 fully saturated rings. The highest BCUT2D eigenvalue weighted by Gasteiger charge is 2.18. The molecule has 1 saturated carbocycles. The maximum Gasteiger partial charge on any atom is 0.357 e. The third-order valence-corrected chi connectivity index (χ3v) is 3.89. The third-order valence-electron chi connectivity index (χ3n) is 3.89. The zero-order valence-corrected chi connectivity index (χ0v) is 13.4. The van der Waals surface area contributed by atoms with Crippen LogP contribution in [0.2, 0.25) is 0 Å². The zero-order valence-electron chi connectivity index (χ0n) is 13.4. The highest BCUT2D eigenvalue weighted by atomic mass is 16.5. The Hall–Kier alpha value is -2.16. The van der Waals surface area contributed by atoms with Crippen molar-refractivity contribution in [3.63, 3.8) is 0 Å². The minimum absolute atomic E-state index is 0.270. The summed E-state index contributed by atoms with van der Waals surface area (Å²) in [6.45, 7) is 8.24. The van der Waals surface area contributed by atoms with Crippen molar-refractivity contribution in [2.24, 2.45) is 4.99 Å². The van der Waals surface area contributed by atoms with Gasteiger partial charge in [-0.3, -0.25) is 0 Å². The van der Waals surface area contributed by atoms with Gasteiger partial charge in [0.1, 0.15) is 12.3 Å². The first-order valence-corrected chi connectivity index (χ1v) is 7.78. The molecule has 0 atom stereocenters. The number of carbonyl (C=O) groups excluding carboxylic acids is 1. The average molecular weight is 297 g/mol. The van der Waals surface area contributed by atoms with Gasteiger partial charge in [-0.05, 0) is 49.3 Å². The molecule has 116 valence electrons. The fourth-order valence-corrected chi connectivity index (χ4v) is 2.33. The van der Waals surface area contributed by atoms with Gasteiger partial charge in [-0.15, -0.1) is 0 Å². The van der Waals surface area contributed by atoms with Crippen LogP contribution in [0.5, 0.6) is 0 Å². The van der Waals surface area contributed by atoms with E-state index in [2.05, 4.69) is 11.6 Å². The molecular weight excluding hydrogens is 274 g/mol. The van der Waals surface area contributed by atoms with Gasteiger partial charge in [-0.2, -0.15) is 0 Å². The SMILES string of the molecule is C=C1CCCC1=N/C(C(=O)OCc1ccccc1)=C(\C)CC. The average Bonchev–Trinajstić information content (AvgIpc) is 2.95. The first-order valence-electron chi connectivity index (χ1n) is 7.78. The summed E-state index contributed by atoms with van der Waals surface area (Å²) < 4.78 is 5.43. The van der Waals surface area contributed by atoms with Crippen molar-refractivity contribution >= 4 is 11.7 Å². The van der Waals surface area contributed by atoms with Gasteiger partial charge < -0.3 is 4.74 Å². The molecule has 1 aromatic carbocycles. The second-order valence-corrected chi connectivity index (χ2v) is 5.56. The van der Waals surface area contributed by atoms with Crippen LogP contribution < -0.4 is 0 Å². The summed E-state index contributed by atoms with van der Waals surface area (Å²) in [6, 6.07) is 9.68. The lowest BCUT2D eigenvalue weighted by Crippen LogP contribution is -2.10. The van der Waals surface area contributed by atoms with Crippen LogP contribution in [0.25, 0.3) is 0 Å². The van der Waals surface area contributed by atoms with Crippen molar-refractivity contribution in [3.8, 4) is 0 Å². The summed E-state index contributed by atoms with van der Waals surface area (Å²) in [6.07, 6.45) is 3.70. The number of allylic oxidation sites excluding steroid dienone is 2. The van der Waals surface area contributed by atoms with Crippen molar-refractivity contribution in [1.82, 2.24) is 0 Å². The van der Waals surface area contributed by atoms with Gasteiger partial charge in [0, 0.05) is 5.71 Å². The summed E-state index contributed by atoms with van der Waals surface area (Å²) in [5.41, 5.74) is 4.35. The lowest BCUT2D eigenvalue weighted by molar-refractivity contribution is -0.140. The molecule has 1 aliphatic carbocycles. The zero-order chi connectivity index (χ0) is 15.9. The van der Waals surface area contributed by atoms with Crippen LogP contribution in [0.15, 0.2) is 58.7 Å². The number of nitrogens with zero attached hydrogens (tertiary/aromatic N) is 1. The standard InChI is InChI=1S/C19H23NO2/c1-4-14(2)18(20-17-12-8-9-15(17)3)19(21)22-13-16-10-6-5-7-11-16/h5-7,10-11H,3-4,8-9,12-13H2,1-2H3/b18-14+,20-17?. The second kappa shape index (κ2) is 7.74. The number of carbonyl (C=O) groups is 1. The summed E-state index contributed by atoms with van der Waals surface area (Å²) in [5.74, 6) is -0.351. The molecule has 1 aromatic rings. The Labute approximate surface area is 132 Å². The molecule has 0 N–H and O–H groups in total. The summed E-state index contributed by atoms with van der Waals surface area (Å²) in [4.78, 5) is 17.0. The fraction of sp³-hybridized carbons (Fsp3) is 0.368. The number of ether oxygens (including phenoxy) is 1. The number of hydrogen-bond donors (Lipinski definition) is 0. The molecule has 2 rings (SSSR count). The monoisotopic (exact) mass is 297 g/mol. The van der Waals surface area contributed by atoms with Crippen molar-refractivity contribution < 1.29 is 9.53 Å². The smallest absolute Gasteiger partial charge is 0.357 e. The highest BCUT2D eigenvalue weighted by Crippen LogP contribution is 2.23. The van der Waals surface area contributed by atoms with Crippen molar-refractivity contribution in [1.29, 1.82) is 0 Å². The topological polar surface area (TPSA) is 38.7 Å². The molecule has 0 spiro atoms. The molecule has 0 amide bonds. The Balaban J connectivity index is 2.12. The molecule has 0 unspecified atom stereocenters. The van der Waals surface area contributed by atoms with Gasteiger partial charge in [0.2, 0.25) is 0 Å². The minimum atomic E-state index is -0.351. The molecule has 0 bridgehead atoms. The van der Waals surface area contributed by atoms with Crippen molar-refractivity contribution in [3.05, 3.63) is 59.3 Å². The quantitative estimate of drug-likeness (QED) is 0.588. The molecule has 0 radical (unpaired) electrons. The number of rotatable bonds is 5.